The number of rotatable bonds is 6. The molecule has 2 aromatic rings. The highest BCUT2D eigenvalue weighted by molar-refractivity contribution is 5.91. The number of hydrogen-bond donors (Lipinski definition) is 2. The Bertz CT molecular complexity index is 1020. The molecular formula is C23H27N3O5. The van der Waals surface area contributed by atoms with E-state index in [1.54, 1.807) is 24.3 Å². The van der Waals surface area contributed by atoms with Crippen LogP contribution in [-0.4, -0.2) is 35.5 Å². The van der Waals surface area contributed by atoms with Crippen LogP contribution in [0, 0.1) is 0 Å². The molecule has 1 aromatic carbocycles. The Morgan fingerprint density at radius 1 is 1.10 bits per heavy atom. The lowest BCUT2D eigenvalue weighted by Gasteiger charge is -2.23. The number of benzene rings is 1. The Hall–Kier alpha value is -3.42. The van der Waals surface area contributed by atoms with Gasteiger partial charge in [0.15, 0.2) is 0 Å². The second kappa shape index (κ2) is 10.1. The van der Waals surface area contributed by atoms with Gasteiger partial charge in [-0.25, -0.2) is 4.79 Å². The molecule has 0 bridgehead atoms. The molecule has 2 amide bonds. The van der Waals surface area contributed by atoms with Gasteiger partial charge in [0.25, 0.3) is 5.56 Å². The van der Waals surface area contributed by atoms with Crippen molar-refractivity contribution in [2.45, 2.75) is 51.6 Å². The minimum absolute atomic E-state index is 0.126. The zero-order valence-electron chi connectivity index (χ0n) is 17.8. The van der Waals surface area contributed by atoms with E-state index in [2.05, 4.69) is 10.6 Å². The average molecular weight is 425 g/mol. The fourth-order valence-electron chi connectivity index (χ4n) is 3.80. The summed E-state index contributed by atoms with van der Waals surface area (Å²) in [6.07, 6.45) is 6.58. The van der Waals surface area contributed by atoms with E-state index in [1.807, 2.05) is 0 Å². The van der Waals surface area contributed by atoms with Gasteiger partial charge in [-0.15, -0.1) is 0 Å². The molecule has 2 N–H and O–H groups in total. The summed E-state index contributed by atoms with van der Waals surface area (Å²) in [5, 5.41) is 5.65. The number of anilines is 1. The number of hydrogen-bond acceptors (Lipinski definition) is 5. The topological polar surface area (TPSA) is 106 Å². The minimum Gasteiger partial charge on any atom is -0.465 e. The van der Waals surface area contributed by atoms with Crippen LogP contribution in [-0.2, 0) is 20.9 Å². The lowest BCUT2D eigenvalue weighted by molar-refractivity contribution is -0.122. The number of carbonyl (C=O) groups excluding carboxylic acids is 3. The number of nitrogens with zero attached hydrogens (tertiary/aromatic N) is 1. The van der Waals surface area contributed by atoms with Gasteiger partial charge < -0.3 is 19.9 Å². The van der Waals surface area contributed by atoms with Crippen molar-refractivity contribution in [3.63, 3.8) is 0 Å². The summed E-state index contributed by atoms with van der Waals surface area (Å²) in [6.45, 7) is 1.22. The molecular weight excluding hydrogens is 398 g/mol. The van der Waals surface area contributed by atoms with Crippen molar-refractivity contribution in [3.05, 3.63) is 52.4 Å². The van der Waals surface area contributed by atoms with Crippen LogP contribution < -0.4 is 16.2 Å². The third-order valence-corrected chi connectivity index (χ3v) is 5.31. The summed E-state index contributed by atoms with van der Waals surface area (Å²) < 4.78 is 6.05. The van der Waals surface area contributed by atoms with Crippen LogP contribution in [0.2, 0.25) is 0 Å². The SMILES string of the molecule is COC(=O)c1cc(-c2ccc(NC(C)=O)cc2)c(=O)n(CC(=O)NC2CCCCC2)c1. The fourth-order valence-corrected chi connectivity index (χ4v) is 3.80. The highest BCUT2D eigenvalue weighted by Gasteiger charge is 2.19. The van der Waals surface area contributed by atoms with Gasteiger partial charge >= 0.3 is 5.97 Å². The molecule has 0 radical (unpaired) electrons. The molecule has 0 spiro atoms. The van der Waals surface area contributed by atoms with Crippen molar-refractivity contribution in [2.75, 3.05) is 12.4 Å². The summed E-state index contributed by atoms with van der Waals surface area (Å²) in [7, 11) is 1.26. The van der Waals surface area contributed by atoms with Gasteiger partial charge in [-0.05, 0) is 36.6 Å². The maximum atomic E-state index is 13.1. The zero-order valence-corrected chi connectivity index (χ0v) is 17.8. The minimum atomic E-state index is -0.599. The Morgan fingerprint density at radius 2 is 1.77 bits per heavy atom. The first-order valence-corrected chi connectivity index (χ1v) is 10.4. The van der Waals surface area contributed by atoms with Gasteiger partial charge in [0.1, 0.15) is 6.54 Å². The first kappa shape index (κ1) is 22.3. The molecule has 0 atom stereocenters. The third-order valence-electron chi connectivity index (χ3n) is 5.31. The molecule has 8 nitrogen and oxygen atoms in total. The van der Waals surface area contributed by atoms with E-state index in [1.165, 1.54) is 37.3 Å². The van der Waals surface area contributed by atoms with Crippen molar-refractivity contribution in [1.29, 1.82) is 0 Å². The van der Waals surface area contributed by atoms with Crippen molar-refractivity contribution in [2.24, 2.45) is 0 Å². The molecule has 8 heteroatoms. The van der Waals surface area contributed by atoms with E-state index in [-0.39, 0.29) is 35.5 Å². The van der Waals surface area contributed by atoms with Crippen LogP contribution in [0.3, 0.4) is 0 Å². The summed E-state index contributed by atoms with van der Waals surface area (Å²) in [4.78, 5) is 49.0. The molecule has 1 fully saturated rings. The van der Waals surface area contributed by atoms with Crippen molar-refractivity contribution >= 4 is 23.5 Å². The molecule has 164 valence electrons. The number of methoxy groups -OCH3 is 1. The average Bonchev–Trinajstić information content (AvgIpc) is 2.75. The predicted molar refractivity (Wildman–Crippen MR) is 117 cm³/mol. The largest absolute Gasteiger partial charge is 0.465 e. The van der Waals surface area contributed by atoms with E-state index in [0.717, 1.165) is 25.7 Å². The van der Waals surface area contributed by atoms with Crippen LogP contribution >= 0.6 is 0 Å². The van der Waals surface area contributed by atoms with E-state index < -0.39 is 11.5 Å². The van der Waals surface area contributed by atoms with E-state index >= 15 is 0 Å². The Morgan fingerprint density at radius 3 is 2.39 bits per heavy atom. The summed E-state index contributed by atoms with van der Waals surface area (Å²) >= 11 is 0. The number of amides is 2. The number of nitrogens with one attached hydrogen (secondary N) is 2. The van der Waals surface area contributed by atoms with Crippen LogP contribution in [0.15, 0.2) is 41.3 Å². The number of aromatic nitrogens is 1. The summed E-state index contributed by atoms with van der Waals surface area (Å²) in [5.41, 5.74) is 1.20. The molecule has 31 heavy (non-hydrogen) atoms. The quantitative estimate of drug-likeness (QED) is 0.692. The van der Waals surface area contributed by atoms with Crippen LogP contribution in [0.25, 0.3) is 11.1 Å². The van der Waals surface area contributed by atoms with Gasteiger partial charge in [0.2, 0.25) is 11.8 Å². The summed E-state index contributed by atoms with van der Waals surface area (Å²) in [5.74, 6) is -1.06. The summed E-state index contributed by atoms with van der Waals surface area (Å²) in [6, 6.07) is 8.27. The van der Waals surface area contributed by atoms with E-state index in [0.29, 0.717) is 11.3 Å². The Kier molecular flexibility index (Phi) is 7.23. The molecule has 1 saturated carbocycles. The standard InChI is InChI=1S/C23H27N3O5/c1-15(27)24-19-10-8-16(9-11-19)20-12-17(23(30)31-2)13-26(22(20)29)14-21(28)25-18-6-4-3-5-7-18/h8-13,18H,3-7,14H2,1-2H3,(H,24,27)(H,25,28). The monoisotopic (exact) mass is 425 g/mol. The van der Waals surface area contributed by atoms with E-state index in [9.17, 15) is 19.2 Å². The third kappa shape index (κ3) is 5.81. The molecule has 1 aromatic heterocycles. The van der Waals surface area contributed by atoms with Crippen LogP contribution in [0.1, 0.15) is 49.4 Å². The Balaban J connectivity index is 1.90. The van der Waals surface area contributed by atoms with Gasteiger partial charge in [0.05, 0.1) is 12.7 Å². The molecule has 1 aliphatic rings. The van der Waals surface area contributed by atoms with Gasteiger partial charge in [0, 0.05) is 30.4 Å². The first-order chi connectivity index (χ1) is 14.9. The number of esters is 1. The maximum absolute atomic E-state index is 13.1. The predicted octanol–water partition coefficient (Wildman–Crippen LogP) is 2.71. The van der Waals surface area contributed by atoms with Gasteiger partial charge in [-0.3, -0.25) is 14.4 Å². The number of carbonyl (C=O) groups is 3. The second-order valence-corrected chi connectivity index (χ2v) is 7.73. The zero-order chi connectivity index (χ0) is 22.4. The number of ether oxygens (including phenoxy) is 1. The molecule has 0 aliphatic heterocycles. The maximum Gasteiger partial charge on any atom is 0.339 e. The van der Waals surface area contributed by atoms with Crippen molar-refractivity contribution in [1.82, 2.24) is 9.88 Å². The molecule has 3 rings (SSSR count). The van der Waals surface area contributed by atoms with Gasteiger partial charge in [-0.1, -0.05) is 31.4 Å². The highest BCUT2D eigenvalue weighted by atomic mass is 16.5. The molecule has 0 unspecified atom stereocenters. The van der Waals surface area contributed by atoms with Crippen molar-refractivity contribution < 1.29 is 19.1 Å². The second-order valence-electron chi connectivity index (χ2n) is 7.73. The van der Waals surface area contributed by atoms with Crippen LogP contribution in [0.5, 0.6) is 0 Å². The van der Waals surface area contributed by atoms with E-state index in [4.69, 9.17) is 4.74 Å². The fraction of sp³-hybridized carbons (Fsp3) is 0.391. The highest BCUT2D eigenvalue weighted by Crippen LogP contribution is 2.20. The normalized spacial score (nSPS) is 14.0. The van der Waals surface area contributed by atoms with Gasteiger partial charge in [-0.2, -0.15) is 0 Å². The molecule has 1 heterocycles. The Labute approximate surface area is 180 Å². The van der Waals surface area contributed by atoms with Crippen LogP contribution in [0.4, 0.5) is 5.69 Å². The number of pyridine rings is 1. The molecule has 0 saturated heterocycles. The van der Waals surface area contributed by atoms with Crippen molar-refractivity contribution in [3.8, 4) is 11.1 Å². The first-order valence-electron chi connectivity index (χ1n) is 10.4. The lowest BCUT2D eigenvalue weighted by atomic mass is 9.95. The molecule has 1 aliphatic carbocycles. The smallest absolute Gasteiger partial charge is 0.339 e. The lowest BCUT2D eigenvalue weighted by Crippen LogP contribution is -2.40.